The van der Waals surface area contributed by atoms with Gasteiger partial charge in [-0.05, 0) is 37.6 Å². The van der Waals surface area contributed by atoms with E-state index < -0.39 is 0 Å². The van der Waals surface area contributed by atoms with Crippen LogP contribution >= 0.6 is 0 Å². The molecule has 2 atom stereocenters. The summed E-state index contributed by atoms with van der Waals surface area (Å²) < 4.78 is 5.33. The molecule has 0 aliphatic carbocycles. The first-order valence-electron chi connectivity index (χ1n) is 6.79. The number of rotatable bonds is 3. The predicted octanol–water partition coefficient (Wildman–Crippen LogP) is 1.19. The number of carbonyl (C=O) groups is 1. The summed E-state index contributed by atoms with van der Waals surface area (Å²) in [5.74, 6) is 5.69. The monoisotopic (exact) mass is 273 g/mol. The first kappa shape index (κ1) is 14.6. The van der Waals surface area contributed by atoms with Crippen molar-refractivity contribution in [3.8, 4) is 11.8 Å². The molecule has 0 aromatic heterocycles. The fourth-order valence-electron chi connectivity index (χ4n) is 2.20. The Morgan fingerprint density at radius 1 is 1.50 bits per heavy atom. The molecule has 1 fully saturated rings. The van der Waals surface area contributed by atoms with Crippen LogP contribution in [0.1, 0.15) is 29.3 Å². The Labute approximate surface area is 119 Å². The highest BCUT2D eigenvalue weighted by Gasteiger charge is 2.23. The normalized spacial score (nSPS) is 19.0. The molecule has 1 aliphatic rings. The summed E-state index contributed by atoms with van der Waals surface area (Å²) in [7, 11) is 0. The van der Waals surface area contributed by atoms with Crippen molar-refractivity contribution in [2.75, 3.05) is 19.8 Å². The quantitative estimate of drug-likeness (QED) is 0.813. The molecular weight excluding hydrogens is 254 g/mol. The number of amides is 1. The first-order chi connectivity index (χ1) is 9.70. The molecule has 0 spiro atoms. The van der Waals surface area contributed by atoms with Crippen LogP contribution in [-0.4, -0.2) is 36.9 Å². The minimum Gasteiger partial charge on any atom is -0.384 e. The number of benzene rings is 1. The number of hydrogen-bond acceptors (Lipinski definition) is 3. The van der Waals surface area contributed by atoms with E-state index in [0.717, 1.165) is 25.2 Å². The lowest BCUT2D eigenvalue weighted by Crippen LogP contribution is -2.38. The number of hydrogen-bond donors (Lipinski definition) is 2. The van der Waals surface area contributed by atoms with Crippen molar-refractivity contribution in [1.29, 1.82) is 0 Å². The van der Waals surface area contributed by atoms with Crippen LogP contribution < -0.4 is 5.32 Å². The van der Waals surface area contributed by atoms with Crippen LogP contribution in [0, 0.1) is 17.8 Å². The summed E-state index contributed by atoms with van der Waals surface area (Å²) in [6.07, 6.45) is 0.997. The smallest absolute Gasteiger partial charge is 0.251 e. The minimum absolute atomic E-state index is 0.0777. The Balaban J connectivity index is 1.94. The molecule has 2 N–H and O–H groups in total. The molecule has 0 bridgehead atoms. The maximum Gasteiger partial charge on any atom is 0.251 e. The van der Waals surface area contributed by atoms with Gasteiger partial charge in [-0.3, -0.25) is 4.79 Å². The van der Waals surface area contributed by atoms with Crippen molar-refractivity contribution in [1.82, 2.24) is 5.32 Å². The summed E-state index contributed by atoms with van der Waals surface area (Å²) >= 11 is 0. The van der Waals surface area contributed by atoms with Crippen LogP contribution in [0.4, 0.5) is 0 Å². The second kappa shape index (κ2) is 7.09. The zero-order chi connectivity index (χ0) is 14.4. The van der Waals surface area contributed by atoms with Crippen molar-refractivity contribution < 1.29 is 14.6 Å². The number of carbonyl (C=O) groups excluding carboxylic acids is 1. The van der Waals surface area contributed by atoms with Gasteiger partial charge in [-0.25, -0.2) is 0 Å². The Morgan fingerprint density at radius 3 is 2.85 bits per heavy atom. The minimum atomic E-state index is -0.163. The molecule has 20 heavy (non-hydrogen) atoms. The number of ether oxygens (including phenoxy) is 1. The molecule has 1 aromatic rings. The van der Waals surface area contributed by atoms with Crippen LogP contribution in [-0.2, 0) is 4.74 Å². The van der Waals surface area contributed by atoms with Crippen molar-refractivity contribution in [2.45, 2.75) is 19.4 Å². The van der Waals surface area contributed by atoms with E-state index in [0.29, 0.717) is 11.5 Å². The van der Waals surface area contributed by atoms with Crippen molar-refractivity contribution in [3.05, 3.63) is 35.4 Å². The van der Waals surface area contributed by atoms with Gasteiger partial charge in [0.05, 0.1) is 6.61 Å². The highest BCUT2D eigenvalue weighted by atomic mass is 16.5. The summed E-state index contributed by atoms with van der Waals surface area (Å²) in [5.41, 5.74) is 1.40. The Hall–Kier alpha value is -1.83. The zero-order valence-electron chi connectivity index (χ0n) is 11.6. The molecule has 4 heteroatoms. The number of nitrogens with one attached hydrogen (secondary N) is 1. The fourth-order valence-corrected chi connectivity index (χ4v) is 2.20. The lowest BCUT2D eigenvalue weighted by molar-refractivity contribution is 0.0922. The fraction of sp³-hybridized carbons (Fsp3) is 0.438. The largest absolute Gasteiger partial charge is 0.384 e. The molecule has 1 heterocycles. The van der Waals surface area contributed by atoms with Gasteiger partial charge in [0, 0.05) is 29.7 Å². The van der Waals surface area contributed by atoms with Gasteiger partial charge in [-0.15, -0.1) is 0 Å². The van der Waals surface area contributed by atoms with Gasteiger partial charge in [-0.1, -0.05) is 11.8 Å². The van der Waals surface area contributed by atoms with E-state index in [1.807, 2.05) is 6.92 Å². The summed E-state index contributed by atoms with van der Waals surface area (Å²) in [6.45, 7) is 3.35. The molecule has 2 rings (SSSR count). The molecule has 0 radical (unpaired) electrons. The molecule has 1 aliphatic heterocycles. The van der Waals surface area contributed by atoms with Gasteiger partial charge < -0.3 is 15.2 Å². The number of aliphatic hydroxyl groups is 1. The second-order valence-electron chi connectivity index (χ2n) is 4.92. The predicted molar refractivity (Wildman–Crippen MR) is 76.3 cm³/mol. The Morgan fingerprint density at radius 2 is 2.25 bits per heavy atom. The van der Waals surface area contributed by atoms with E-state index in [-0.39, 0.29) is 18.6 Å². The van der Waals surface area contributed by atoms with Gasteiger partial charge in [0.1, 0.15) is 6.61 Å². The topological polar surface area (TPSA) is 58.6 Å². The molecule has 1 aromatic carbocycles. The Kier molecular flexibility index (Phi) is 5.16. The molecule has 1 amide bonds. The third-order valence-corrected chi connectivity index (χ3v) is 3.49. The average molecular weight is 273 g/mol. The maximum atomic E-state index is 12.1. The van der Waals surface area contributed by atoms with E-state index in [1.165, 1.54) is 0 Å². The van der Waals surface area contributed by atoms with Gasteiger partial charge in [0.15, 0.2) is 0 Å². The SMILES string of the molecule is CC(NC(=O)c1ccc(C#CCO)cc1)C1CCOC1. The van der Waals surface area contributed by atoms with Crippen LogP contribution in [0.3, 0.4) is 0 Å². The van der Waals surface area contributed by atoms with Crippen LogP contribution in [0.15, 0.2) is 24.3 Å². The van der Waals surface area contributed by atoms with Gasteiger partial charge in [0.2, 0.25) is 0 Å². The van der Waals surface area contributed by atoms with Crippen molar-refractivity contribution in [3.63, 3.8) is 0 Å². The molecular formula is C16H19NO3. The van der Waals surface area contributed by atoms with Crippen molar-refractivity contribution >= 4 is 5.91 Å². The Bertz CT molecular complexity index is 507. The maximum absolute atomic E-state index is 12.1. The summed E-state index contributed by atoms with van der Waals surface area (Å²) in [4.78, 5) is 12.1. The van der Waals surface area contributed by atoms with E-state index in [9.17, 15) is 4.79 Å². The highest BCUT2D eigenvalue weighted by Crippen LogP contribution is 2.16. The molecule has 106 valence electrons. The van der Waals surface area contributed by atoms with Gasteiger partial charge >= 0.3 is 0 Å². The third kappa shape index (κ3) is 3.83. The lowest BCUT2D eigenvalue weighted by Gasteiger charge is -2.19. The summed E-state index contributed by atoms with van der Waals surface area (Å²) in [6, 6.07) is 7.16. The van der Waals surface area contributed by atoms with Crippen molar-refractivity contribution in [2.24, 2.45) is 5.92 Å². The van der Waals surface area contributed by atoms with Crippen LogP contribution in [0.25, 0.3) is 0 Å². The van der Waals surface area contributed by atoms with E-state index in [2.05, 4.69) is 17.2 Å². The molecule has 0 saturated carbocycles. The van der Waals surface area contributed by atoms with Crippen LogP contribution in [0.2, 0.25) is 0 Å². The van der Waals surface area contributed by atoms with E-state index in [1.54, 1.807) is 24.3 Å². The molecule has 4 nitrogen and oxygen atoms in total. The van der Waals surface area contributed by atoms with Gasteiger partial charge in [0.25, 0.3) is 5.91 Å². The number of aliphatic hydroxyl groups excluding tert-OH is 1. The summed E-state index contributed by atoms with van der Waals surface area (Å²) in [5, 5.41) is 11.6. The average Bonchev–Trinajstić information content (AvgIpc) is 3.00. The molecule has 2 unspecified atom stereocenters. The van der Waals surface area contributed by atoms with Crippen LogP contribution in [0.5, 0.6) is 0 Å². The lowest BCUT2D eigenvalue weighted by atomic mass is 10.0. The third-order valence-electron chi connectivity index (χ3n) is 3.49. The molecule has 1 saturated heterocycles. The first-order valence-corrected chi connectivity index (χ1v) is 6.79. The standard InChI is InChI=1S/C16H19NO3/c1-12(15-8-10-20-11-15)17-16(19)14-6-4-13(5-7-14)3-2-9-18/h4-7,12,15,18H,8-11H2,1H3,(H,17,19). The second-order valence-corrected chi connectivity index (χ2v) is 4.92. The van der Waals surface area contributed by atoms with Gasteiger partial charge in [-0.2, -0.15) is 0 Å². The highest BCUT2D eigenvalue weighted by molar-refractivity contribution is 5.94. The zero-order valence-corrected chi connectivity index (χ0v) is 11.6. The van der Waals surface area contributed by atoms with E-state index in [4.69, 9.17) is 9.84 Å². The van der Waals surface area contributed by atoms with E-state index >= 15 is 0 Å².